The molecule has 1 aliphatic heterocycles. The Labute approximate surface area is 117 Å². The Morgan fingerprint density at radius 3 is 2.95 bits per heavy atom. The fourth-order valence-corrected chi connectivity index (χ4v) is 2.63. The number of carbonyl (C=O) groups is 1. The van der Waals surface area contributed by atoms with E-state index in [4.69, 9.17) is 11.6 Å². The highest BCUT2D eigenvalue weighted by atomic mass is 35.5. The van der Waals surface area contributed by atoms with Crippen LogP contribution in [-0.4, -0.2) is 34.6 Å². The van der Waals surface area contributed by atoms with Crippen molar-refractivity contribution in [3.05, 3.63) is 34.6 Å². The lowest BCUT2D eigenvalue weighted by Gasteiger charge is -2.37. The van der Waals surface area contributed by atoms with E-state index < -0.39 is 11.4 Å². The van der Waals surface area contributed by atoms with Crippen molar-refractivity contribution in [2.45, 2.75) is 31.8 Å². The predicted octanol–water partition coefficient (Wildman–Crippen LogP) is 2.40. The van der Waals surface area contributed by atoms with Gasteiger partial charge in [-0.25, -0.2) is 4.39 Å². The molecule has 1 aromatic rings. The fraction of sp³-hybridized carbons (Fsp3) is 0.500. The second kappa shape index (κ2) is 5.47. The van der Waals surface area contributed by atoms with Gasteiger partial charge in [0, 0.05) is 23.7 Å². The number of piperidine rings is 1. The lowest BCUT2D eigenvalue weighted by Crippen LogP contribution is -2.49. The molecule has 1 aromatic carbocycles. The van der Waals surface area contributed by atoms with Crippen LogP contribution in [0.3, 0.4) is 0 Å². The van der Waals surface area contributed by atoms with E-state index in [9.17, 15) is 14.3 Å². The van der Waals surface area contributed by atoms with Gasteiger partial charge in [-0.15, -0.1) is 0 Å². The van der Waals surface area contributed by atoms with E-state index in [1.807, 2.05) is 0 Å². The molecule has 1 amide bonds. The topological polar surface area (TPSA) is 40.5 Å². The van der Waals surface area contributed by atoms with Gasteiger partial charge in [0.1, 0.15) is 5.82 Å². The number of halogens is 2. The summed E-state index contributed by atoms with van der Waals surface area (Å²) in [5, 5.41) is 10.2. The summed E-state index contributed by atoms with van der Waals surface area (Å²) in [6.45, 7) is 2.60. The number of carbonyl (C=O) groups excluding carboxylic acids is 1. The maximum absolute atomic E-state index is 13.6. The molecule has 0 bridgehead atoms. The highest BCUT2D eigenvalue weighted by Gasteiger charge is 2.31. The third-order valence-electron chi connectivity index (χ3n) is 3.42. The van der Waals surface area contributed by atoms with Gasteiger partial charge in [-0.1, -0.05) is 17.7 Å². The number of rotatable bonds is 2. The zero-order chi connectivity index (χ0) is 14.0. The Balaban J connectivity index is 2.09. The molecular weight excluding hydrogens is 269 g/mol. The average molecular weight is 286 g/mol. The van der Waals surface area contributed by atoms with Crippen molar-refractivity contribution in [3.8, 4) is 0 Å². The van der Waals surface area contributed by atoms with Gasteiger partial charge in [0.25, 0.3) is 0 Å². The Kier molecular flexibility index (Phi) is 4.11. The third kappa shape index (κ3) is 3.45. The number of likely N-dealkylation sites (tertiary alicyclic amines) is 1. The van der Waals surface area contributed by atoms with Gasteiger partial charge >= 0.3 is 0 Å². The highest BCUT2D eigenvalue weighted by Crippen LogP contribution is 2.23. The van der Waals surface area contributed by atoms with Gasteiger partial charge in [0.15, 0.2) is 0 Å². The Bertz CT molecular complexity index is 470. The summed E-state index contributed by atoms with van der Waals surface area (Å²) in [7, 11) is 0. The van der Waals surface area contributed by atoms with Crippen molar-refractivity contribution in [3.63, 3.8) is 0 Å². The van der Waals surface area contributed by atoms with Gasteiger partial charge in [-0.2, -0.15) is 0 Å². The van der Waals surface area contributed by atoms with E-state index in [0.29, 0.717) is 13.0 Å². The number of β-amino-alcohol motifs (C(OH)–C–C–N with tert-alkyl or cyclic N) is 1. The van der Waals surface area contributed by atoms with Crippen molar-refractivity contribution in [2.24, 2.45) is 0 Å². The third-order valence-corrected chi connectivity index (χ3v) is 3.77. The standard InChI is InChI=1S/C14H17ClFNO2/c1-14(19)6-3-7-17(9-14)13(18)8-10-11(15)4-2-5-12(10)16/h2,4-5,19H,3,6-9H2,1H3. The number of nitrogens with zero attached hydrogens (tertiary/aromatic N) is 1. The number of aliphatic hydroxyl groups is 1. The van der Waals surface area contributed by atoms with Gasteiger partial charge < -0.3 is 10.0 Å². The van der Waals surface area contributed by atoms with Crippen LogP contribution < -0.4 is 0 Å². The molecule has 0 saturated carbocycles. The van der Waals surface area contributed by atoms with Crippen LogP contribution in [0.25, 0.3) is 0 Å². The molecule has 0 aliphatic carbocycles. The van der Waals surface area contributed by atoms with E-state index >= 15 is 0 Å². The van der Waals surface area contributed by atoms with E-state index in [2.05, 4.69) is 0 Å². The first-order valence-electron chi connectivity index (χ1n) is 6.32. The van der Waals surface area contributed by atoms with Gasteiger partial charge in [-0.05, 0) is 31.9 Å². The number of benzene rings is 1. The molecule has 1 saturated heterocycles. The molecule has 0 spiro atoms. The Morgan fingerprint density at radius 1 is 1.58 bits per heavy atom. The Hall–Kier alpha value is -1.13. The average Bonchev–Trinajstić information content (AvgIpc) is 2.32. The molecule has 2 rings (SSSR count). The normalized spacial score (nSPS) is 23.5. The summed E-state index contributed by atoms with van der Waals surface area (Å²) >= 11 is 5.91. The molecule has 0 radical (unpaired) electrons. The summed E-state index contributed by atoms with van der Waals surface area (Å²) in [5.74, 6) is -0.670. The molecule has 0 aromatic heterocycles. The molecule has 1 unspecified atom stereocenters. The number of hydrogen-bond acceptors (Lipinski definition) is 2. The van der Waals surface area contributed by atoms with Crippen molar-refractivity contribution in [1.29, 1.82) is 0 Å². The molecule has 1 fully saturated rings. The molecule has 1 heterocycles. The molecule has 1 N–H and O–H groups in total. The molecule has 1 atom stereocenters. The fourth-order valence-electron chi connectivity index (χ4n) is 2.40. The van der Waals surface area contributed by atoms with E-state index in [1.54, 1.807) is 17.9 Å². The molecule has 3 nitrogen and oxygen atoms in total. The quantitative estimate of drug-likeness (QED) is 0.906. The van der Waals surface area contributed by atoms with Gasteiger partial charge in [0.05, 0.1) is 12.0 Å². The van der Waals surface area contributed by atoms with E-state index in [1.165, 1.54) is 12.1 Å². The summed E-state index contributed by atoms with van der Waals surface area (Å²) < 4.78 is 13.6. The van der Waals surface area contributed by atoms with Gasteiger partial charge in [-0.3, -0.25) is 4.79 Å². The SMILES string of the molecule is CC1(O)CCCN(C(=O)Cc2c(F)cccc2Cl)C1. The predicted molar refractivity (Wildman–Crippen MR) is 71.6 cm³/mol. The molecule has 19 heavy (non-hydrogen) atoms. The Morgan fingerprint density at radius 2 is 2.32 bits per heavy atom. The zero-order valence-corrected chi connectivity index (χ0v) is 11.6. The minimum absolute atomic E-state index is 0.0679. The smallest absolute Gasteiger partial charge is 0.227 e. The summed E-state index contributed by atoms with van der Waals surface area (Å²) in [6.07, 6.45) is 1.36. The summed E-state index contributed by atoms with van der Waals surface area (Å²) in [5.41, 5.74) is -0.633. The van der Waals surface area contributed by atoms with Crippen LogP contribution in [0.4, 0.5) is 4.39 Å². The minimum atomic E-state index is -0.854. The second-order valence-corrected chi connectivity index (χ2v) is 5.70. The van der Waals surface area contributed by atoms with Crippen molar-refractivity contribution in [1.82, 2.24) is 4.90 Å². The van der Waals surface area contributed by atoms with Crippen LogP contribution in [0, 0.1) is 5.82 Å². The zero-order valence-electron chi connectivity index (χ0n) is 10.8. The summed E-state index contributed by atoms with van der Waals surface area (Å²) in [6, 6.07) is 4.37. The van der Waals surface area contributed by atoms with Crippen LogP contribution in [0.2, 0.25) is 5.02 Å². The van der Waals surface area contributed by atoms with Crippen LogP contribution in [0.15, 0.2) is 18.2 Å². The lowest BCUT2D eigenvalue weighted by molar-refractivity contribution is -0.136. The van der Waals surface area contributed by atoms with E-state index in [-0.39, 0.29) is 29.5 Å². The first-order valence-corrected chi connectivity index (χ1v) is 6.70. The van der Waals surface area contributed by atoms with Crippen molar-refractivity contribution >= 4 is 17.5 Å². The largest absolute Gasteiger partial charge is 0.388 e. The summed E-state index contributed by atoms with van der Waals surface area (Å²) in [4.78, 5) is 13.7. The van der Waals surface area contributed by atoms with Crippen molar-refractivity contribution < 1.29 is 14.3 Å². The first kappa shape index (κ1) is 14.3. The molecule has 104 valence electrons. The van der Waals surface area contributed by atoms with Crippen LogP contribution in [-0.2, 0) is 11.2 Å². The molecular formula is C14H17ClFNO2. The minimum Gasteiger partial charge on any atom is -0.388 e. The number of hydrogen-bond donors (Lipinski definition) is 1. The highest BCUT2D eigenvalue weighted by molar-refractivity contribution is 6.31. The van der Waals surface area contributed by atoms with E-state index in [0.717, 1.165) is 6.42 Å². The number of amides is 1. The van der Waals surface area contributed by atoms with Crippen LogP contribution in [0.1, 0.15) is 25.3 Å². The second-order valence-electron chi connectivity index (χ2n) is 5.29. The maximum Gasteiger partial charge on any atom is 0.227 e. The molecule has 1 aliphatic rings. The van der Waals surface area contributed by atoms with Crippen LogP contribution in [0.5, 0.6) is 0 Å². The lowest BCUT2D eigenvalue weighted by atomic mass is 9.94. The monoisotopic (exact) mass is 285 g/mol. The molecule has 5 heteroatoms. The van der Waals surface area contributed by atoms with Crippen molar-refractivity contribution in [2.75, 3.05) is 13.1 Å². The van der Waals surface area contributed by atoms with Gasteiger partial charge in [0.2, 0.25) is 5.91 Å². The maximum atomic E-state index is 13.6. The van der Waals surface area contributed by atoms with Crippen LogP contribution >= 0.6 is 11.6 Å². The first-order chi connectivity index (χ1) is 8.89.